The Bertz CT molecular complexity index is 630. The number of hydrogen-bond donors (Lipinski definition) is 2. The fourth-order valence-corrected chi connectivity index (χ4v) is 2.61. The molecule has 0 aromatic carbocycles. The van der Waals surface area contributed by atoms with E-state index in [-0.39, 0.29) is 0 Å². The fourth-order valence-electron chi connectivity index (χ4n) is 2.61. The van der Waals surface area contributed by atoms with Gasteiger partial charge < -0.3 is 10.6 Å². The molecule has 2 N–H and O–H groups in total. The van der Waals surface area contributed by atoms with Crippen LogP contribution in [-0.2, 0) is 0 Å². The van der Waals surface area contributed by atoms with Crippen molar-refractivity contribution in [2.24, 2.45) is 4.99 Å². The molecule has 0 atom stereocenters. The molecular formula is C16H17N5. The number of nitrogens with one attached hydrogen (secondary N) is 2. The number of rotatable bonds is 2. The number of nitriles is 1. The van der Waals surface area contributed by atoms with Gasteiger partial charge in [-0.15, -0.1) is 0 Å². The number of guanidine groups is 1. The molecule has 0 amide bonds. The van der Waals surface area contributed by atoms with Crippen LogP contribution in [0, 0.1) is 11.3 Å². The zero-order valence-electron chi connectivity index (χ0n) is 11.7. The van der Waals surface area contributed by atoms with Crippen molar-refractivity contribution in [3.05, 3.63) is 48.1 Å². The molecule has 21 heavy (non-hydrogen) atoms. The highest BCUT2D eigenvalue weighted by Gasteiger charge is 2.17. The summed E-state index contributed by atoms with van der Waals surface area (Å²) in [5.74, 6) is 0.711. The minimum absolute atomic E-state index is 0.383. The molecule has 1 saturated carbocycles. The van der Waals surface area contributed by atoms with Crippen LogP contribution in [0.1, 0.15) is 31.4 Å². The predicted octanol–water partition coefficient (Wildman–Crippen LogP) is 2.32. The summed E-state index contributed by atoms with van der Waals surface area (Å²) in [5.41, 5.74) is 1.91. The van der Waals surface area contributed by atoms with Crippen molar-refractivity contribution in [2.75, 3.05) is 0 Å². The van der Waals surface area contributed by atoms with Crippen molar-refractivity contribution < 1.29 is 0 Å². The van der Waals surface area contributed by atoms with E-state index in [4.69, 9.17) is 0 Å². The molecule has 0 unspecified atom stereocenters. The number of aromatic nitrogens is 1. The first-order chi connectivity index (χ1) is 10.4. The van der Waals surface area contributed by atoms with Crippen molar-refractivity contribution in [2.45, 2.75) is 31.7 Å². The standard InChI is InChI=1S/C16H17N5/c17-11-13(14-7-3-4-9-18-14)15-8-10-19-16(21-15)20-12-5-1-2-6-12/h3-4,7-10,12H,1-2,5-6H2,(H2,19,20,21). The number of nitrogens with zero attached hydrogens (tertiary/aromatic N) is 3. The predicted molar refractivity (Wildman–Crippen MR) is 81.9 cm³/mol. The third-order valence-electron chi connectivity index (χ3n) is 3.66. The Morgan fingerprint density at radius 3 is 2.90 bits per heavy atom. The molecule has 2 aliphatic rings. The van der Waals surface area contributed by atoms with Crippen LogP contribution in [0.4, 0.5) is 0 Å². The Kier molecular flexibility index (Phi) is 3.97. The highest BCUT2D eigenvalue weighted by atomic mass is 15.2. The average Bonchev–Trinajstić information content (AvgIpc) is 3.02. The molecule has 0 saturated heterocycles. The van der Waals surface area contributed by atoms with E-state index in [1.54, 1.807) is 12.4 Å². The van der Waals surface area contributed by atoms with Crippen molar-refractivity contribution in [1.29, 1.82) is 5.26 Å². The lowest BCUT2D eigenvalue weighted by atomic mass is 10.1. The van der Waals surface area contributed by atoms with E-state index in [1.165, 1.54) is 12.8 Å². The SMILES string of the molecule is N#CC(=C1C=CNC(=NC2CCCC2)N1)c1ccccn1. The van der Waals surface area contributed by atoms with Crippen LogP contribution in [-0.4, -0.2) is 17.0 Å². The Morgan fingerprint density at radius 2 is 2.19 bits per heavy atom. The number of pyridine rings is 1. The van der Waals surface area contributed by atoms with E-state index in [1.807, 2.05) is 24.3 Å². The van der Waals surface area contributed by atoms with Crippen molar-refractivity contribution >= 4 is 11.5 Å². The molecule has 0 bridgehead atoms. The van der Waals surface area contributed by atoms with E-state index < -0.39 is 0 Å². The third-order valence-corrected chi connectivity index (χ3v) is 3.66. The van der Waals surface area contributed by atoms with Gasteiger partial charge in [-0.25, -0.2) is 4.99 Å². The zero-order valence-corrected chi connectivity index (χ0v) is 11.7. The van der Waals surface area contributed by atoms with Crippen LogP contribution >= 0.6 is 0 Å². The van der Waals surface area contributed by atoms with Gasteiger partial charge in [0.2, 0.25) is 0 Å². The van der Waals surface area contributed by atoms with Crippen LogP contribution < -0.4 is 10.6 Å². The highest BCUT2D eigenvalue weighted by molar-refractivity contribution is 5.89. The lowest BCUT2D eigenvalue weighted by Gasteiger charge is -2.18. The van der Waals surface area contributed by atoms with Crippen LogP contribution in [0.3, 0.4) is 0 Å². The summed E-state index contributed by atoms with van der Waals surface area (Å²) in [5, 5.41) is 15.7. The number of hydrogen-bond acceptors (Lipinski definition) is 3. The van der Waals surface area contributed by atoms with Crippen molar-refractivity contribution in [3.63, 3.8) is 0 Å². The second-order valence-electron chi connectivity index (χ2n) is 5.13. The molecule has 3 rings (SSSR count). The second kappa shape index (κ2) is 6.23. The normalized spacial score (nSPS) is 22.5. The van der Waals surface area contributed by atoms with Crippen molar-refractivity contribution in [1.82, 2.24) is 15.6 Å². The molecule has 1 aromatic rings. The van der Waals surface area contributed by atoms with Gasteiger partial charge >= 0.3 is 0 Å². The summed E-state index contributed by atoms with van der Waals surface area (Å²) in [6.45, 7) is 0. The van der Waals surface area contributed by atoms with Gasteiger partial charge in [0.25, 0.3) is 0 Å². The number of aliphatic imine (C=N–C) groups is 1. The molecule has 1 fully saturated rings. The van der Waals surface area contributed by atoms with E-state index in [0.29, 0.717) is 23.3 Å². The van der Waals surface area contributed by atoms with Gasteiger partial charge in [0.15, 0.2) is 5.96 Å². The molecule has 0 spiro atoms. The largest absolute Gasteiger partial charge is 0.333 e. The maximum absolute atomic E-state index is 9.42. The van der Waals surface area contributed by atoms with Gasteiger partial charge in [0.1, 0.15) is 11.6 Å². The minimum atomic E-state index is 0.383. The van der Waals surface area contributed by atoms with Gasteiger partial charge in [0.05, 0.1) is 17.4 Å². The Balaban J connectivity index is 1.87. The number of allylic oxidation sites excluding steroid dienone is 2. The second-order valence-corrected chi connectivity index (χ2v) is 5.13. The molecule has 5 heteroatoms. The monoisotopic (exact) mass is 279 g/mol. The first-order valence-electron chi connectivity index (χ1n) is 7.20. The van der Waals surface area contributed by atoms with Crippen LogP contribution in [0.5, 0.6) is 0 Å². The Labute approximate surface area is 124 Å². The van der Waals surface area contributed by atoms with Gasteiger partial charge in [-0.1, -0.05) is 18.9 Å². The van der Waals surface area contributed by atoms with Gasteiger partial charge in [-0.05, 0) is 31.1 Å². The summed E-state index contributed by atoms with van der Waals surface area (Å²) >= 11 is 0. The van der Waals surface area contributed by atoms with Gasteiger partial charge in [-0.3, -0.25) is 4.98 Å². The molecular weight excluding hydrogens is 262 g/mol. The quantitative estimate of drug-likeness (QED) is 0.815. The Morgan fingerprint density at radius 1 is 1.33 bits per heavy atom. The summed E-state index contributed by atoms with van der Waals surface area (Å²) < 4.78 is 0. The molecule has 0 radical (unpaired) electrons. The van der Waals surface area contributed by atoms with E-state index in [0.717, 1.165) is 18.5 Å². The topological polar surface area (TPSA) is 73.1 Å². The van der Waals surface area contributed by atoms with E-state index in [9.17, 15) is 5.26 Å². The Hall–Kier alpha value is -2.61. The first kappa shape index (κ1) is 13.4. The summed E-state index contributed by atoms with van der Waals surface area (Å²) in [6, 6.07) is 8.14. The minimum Gasteiger partial charge on any atom is -0.333 e. The van der Waals surface area contributed by atoms with Crippen molar-refractivity contribution in [3.8, 4) is 6.07 Å². The van der Waals surface area contributed by atoms with Crippen LogP contribution in [0.15, 0.2) is 47.4 Å². The smallest absolute Gasteiger partial charge is 0.200 e. The average molecular weight is 279 g/mol. The van der Waals surface area contributed by atoms with Crippen LogP contribution in [0.2, 0.25) is 0 Å². The summed E-state index contributed by atoms with van der Waals surface area (Å²) in [4.78, 5) is 8.91. The molecule has 2 heterocycles. The first-order valence-corrected chi connectivity index (χ1v) is 7.20. The van der Waals surface area contributed by atoms with Crippen LogP contribution in [0.25, 0.3) is 5.57 Å². The maximum Gasteiger partial charge on any atom is 0.200 e. The lowest BCUT2D eigenvalue weighted by molar-refractivity contribution is 0.696. The fraction of sp³-hybridized carbons (Fsp3) is 0.312. The van der Waals surface area contributed by atoms with E-state index >= 15 is 0 Å². The highest BCUT2D eigenvalue weighted by Crippen LogP contribution is 2.21. The van der Waals surface area contributed by atoms with Gasteiger partial charge in [-0.2, -0.15) is 5.26 Å². The maximum atomic E-state index is 9.42. The van der Waals surface area contributed by atoms with Gasteiger partial charge in [0, 0.05) is 12.4 Å². The third kappa shape index (κ3) is 3.11. The zero-order chi connectivity index (χ0) is 14.5. The molecule has 1 aliphatic carbocycles. The lowest BCUT2D eigenvalue weighted by Crippen LogP contribution is -2.38. The molecule has 1 aliphatic heterocycles. The molecule has 106 valence electrons. The molecule has 1 aromatic heterocycles. The summed E-state index contributed by atoms with van der Waals surface area (Å²) in [7, 11) is 0. The molecule has 5 nitrogen and oxygen atoms in total. The van der Waals surface area contributed by atoms with E-state index in [2.05, 4.69) is 26.7 Å². The summed E-state index contributed by atoms with van der Waals surface area (Å²) in [6.07, 6.45) is 10.1.